The minimum absolute atomic E-state index is 0.184. The molecule has 0 aliphatic carbocycles. The van der Waals surface area contributed by atoms with E-state index in [0.717, 1.165) is 61.4 Å². The highest BCUT2D eigenvalue weighted by Crippen LogP contribution is 2.48. The SMILES string of the molecule is COc1cccc(NC2=Nc3ccccc3N3C2=Nc2c(c(C)nn2-c2ccccc2)[C@H]3c2cccc(Br)c2)c1. The molecule has 0 spiro atoms. The van der Waals surface area contributed by atoms with Gasteiger partial charge in [-0.1, -0.05) is 64.5 Å². The average Bonchev–Trinajstić information content (AvgIpc) is 3.32. The second kappa shape index (κ2) is 9.81. The molecule has 5 aromatic rings. The Bertz CT molecular complexity index is 1810. The van der Waals surface area contributed by atoms with Crippen LogP contribution in [-0.2, 0) is 0 Å². The summed E-state index contributed by atoms with van der Waals surface area (Å²) in [4.78, 5) is 12.6. The zero-order valence-corrected chi connectivity index (χ0v) is 23.5. The van der Waals surface area contributed by atoms with E-state index >= 15 is 0 Å². The van der Waals surface area contributed by atoms with E-state index in [1.165, 1.54) is 0 Å². The predicted octanol–water partition coefficient (Wildman–Crippen LogP) is 7.75. The third-order valence-corrected chi connectivity index (χ3v) is 7.63. The van der Waals surface area contributed by atoms with Crippen LogP contribution in [0.2, 0.25) is 0 Å². The number of methoxy groups -OCH3 is 1. The van der Waals surface area contributed by atoms with Crippen molar-refractivity contribution in [3.05, 3.63) is 124 Å². The number of aryl methyl sites for hydroxylation is 1. The average molecular weight is 589 g/mol. The molecule has 1 aromatic heterocycles. The monoisotopic (exact) mass is 588 g/mol. The van der Waals surface area contributed by atoms with Gasteiger partial charge in [-0.25, -0.2) is 14.7 Å². The van der Waals surface area contributed by atoms with Crippen LogP contribution in [0, 0.1) is 6.92 Å². The first kappa shape index (κ1) is 24.4. The van der Waals surface area contributed by atoms with Crippen molar-refractivity contribution in [1.29, 1.82) is 0 Å². The smallest absolute Gasteiger partial charge is 0.179 e. The zero-order chi connectivity index (χ0) is 27.2. The minimum Gasteiger partial charge on any atom is -0.497 e. The molecule has 4 aromatic carbocycles. The van der Waals surface area contributed by atoms with E-state index in [4.69, 9.17) is 19.8 Å². The van der Waals surface area contributed by atoms with Crippen LogP contribution in [0.1, 0.15) is 22.9 Å². The maximum atomic E-state index is 5.47. The van der Waals surface area contributed by atoms with Gasteiger partial charge in [-0.15, -0.1) is 0 Å². The lowest BCUT2D eigenvalue weighted by molar-refractivity contribution is 0.415. The van der Waals surface area contributed by atoms with E-state index in [0.29, 0.717) is 5.84 Å². The first-order valence-corrected chi connectivity index (χ1v) is 13.8. The minimum atomic E-state index is -0.184. The van der Waals surface area contributed by atoms with Crippen molar-refractivity contribution in [2.45, 2.75) is 13.0 Å². The summed E-state index contributed by atoms with van der Waals surface area (Å²) in [5.74, 6) is 2.92. The Morgan fingerprint density at radius 3 is 2.48 bits per heavy atom. The molecule has 1 atom stereocenters. The van der Waals surface area contributed by atoms with Gasteiger partial charge in [0, 0.05) is 21.8 Å². The first-order chi connectivity index (χ1) is 19.6. The normalized spacial score (nSPS) is 15.4. The van der Waals surface area contributed by atoms with E-state index in [-0.39, 0.29) is 6.04 Å². The molecule has 0 unspecified atom stereocenters. The summed E-state index contributed by atoms with van der Waals surface area (Å²) in [7, 11) is 1.66. The lowest BCUT2D eigenvalue weighted by Crippen LogP contribution is -2.46. The number of nitrogens with zero attached hydrogens (tertiary/aromatic N) is 5. The molecule has 7 rings (SSSR count). The van der Waals surface area contributed by atoms with E-state index < -0.39 is 0 Å². The number of ether oxygens (including phenoxy) is 1. The van der Waals surface area contributed by atoms with Gasteiger partial charge in [0.15, 0.2) is 17.5 Å². The summed E-state index contributed by atoms with van der Waals surface area (Å²) >= 11 is 3.70. The van der Waals surface area contributed by atoms with Crippen molar-refractivity contribution in [1.82, 2.24) is 9.78 Å². The van der Waals surface area contributed by atoms with Crippen LogP contribution >= 0.6 is 15.9 Å². The quantitative estimate of drug-likeness (QED) is 0.233. The number of fused-ring (bicyclic) bond motifs is 4. The van der Waals surface area contributed by atoms with Crippen molar-refractivity contribution in [2.75, 3.05) is 17.3 Å². The molecule has 0 bridgehead atoms. The Kier molecular flexibility index (Phi) is 5.97. The summed E-state index contributed by atoms with van der Waals surface area (Å²) in [6, 6.07) is 34.4. The van der Waals surface area contributed by atoms with Gasteiger partial charge in [-0.2, -0.15) is 5.10 Å². The number of hydrogen-bond donors (Lipinski definition) is 1. The van der Waals surface area contributed by atoms with Gasteiger partial charge >= 0.3 is 0 Å². The van der Waals surface area contributed by atoms with Crippen molar-refractivity contribution in [3.63, 3.8) is 0 Å². The molecule has 0 amide bonds. The second-order valence-corrected chi connectivity index (χ2v) is 10.6. The molecule has 0 saturated heterocycles. The summed E-state index contributed by atoms with van der Waals surface area (Å²) in [5, 5.41) is 8.54. The molecule has 2 aliphatic heterocycles. The number of amidine groups is 2. The van der Waals surface area contributed by atoms with Crippen LogP contribution < -0.4 is 15.0 Å². The van der Waals surface area contributed by atoms with Crippen LogP contribution in [0.4, 0.5) is 22.9 Å². The summed E-state index contributed by atoms with van der Waals surface area (Å²) in [5.41, 5.74) is 6.77. The molecule has 2 aliphatic rings. The molecule has 3 heterocycles. The molecule has 1 N–H and O–H groups in total. The molecule has 196 valence electrons. The van der Waals surface area contributed by atoms with Crippen LogP contribution in [0.15, 0.2) is 118 Å². The molecule has 8 heteroatoms. The molecule has 7 nitrogen and oxygen atoms in total. The number of aromatic nitrogens is 2. The largest absolute Gasteiger partial charge is 0.497 e. The fourth-order valence-corrected chi connectivity index (χ4v) is 5.79. The Hall–Kier alpha value is -4.69. The predicted molar refractivity (Wildman–Crippen MR) is 164 cm³/mol. The van der Waals surface area contributed by atoms with Crippen LogP contribution in [-0.4, -0.2) is 28.6 Å². The highest BCUT2D eigenvalue weighted by molar-refractivity contribution is 9.10. The Morgan fingerprint density at radius 1 is 0.850 bits per heavy atom. The maximum absolute atomic E-state index is 5.47. The summed E-state index contributed by atoms with van der Waals surface area (Å²) < 4.78 is 8.42. The molecule has 0 fully saturated rings. The van der Waals surface area contributed by atoms with E-state index in [1.54, 1.807) is 7.11 Å². The molecular weight excluding hydrogens is 564 g/mol. The van der Waals surface area contributed by atoms with E-state index in [9.17, 15) is 0 Å². The first-order valence-electron chi connectivity index (χ1n) is 13.0. The fourth-order valence-electron chi connectivity index (χ4n) is 5.38. The van der Waals surface area contributed by atoms with Gasteiger partial charge in [-0.05, 0) is 61.0 Å². The van der Waals surface area contributed by atoms with Gasteiger partial charge in [0.05, 0.1) is 35.9 Å². The number of para-hydroxylation sites is 3. The van der Waals surface area contributed by atoms with Crippen molar-refractivity contribution in [3.8, 4) is 11.4 Å². The number of halogens is 1. The number of anilines is 2. The number of rotatable bonds is 4. The van der Waals surface area contributed by atoms with Crippen LogP contribution in [0.25, 0.3) is 5.69 Å². The van der Waals surface area contributed by atoms with Gasteiger partial charge in [0.25, 0.3) is 0 Å². The number of hydrogen-bond acceptors (Lipinski definition) is 6. The van der Waals surface area contributed by atoms with Crippen LogP contribution in [0.3, 0.4) is 0 Å². The topological polar surface area (TPSA) is 67.0 Å². The second-order valence-electron chi connectivity index (χ2n) is 9.64. The third kappa shape index (κ3) is 4.08. The van der Waals surface area contributed by atoms with Crippen molar-refractivity contribution in [2.24, 2.45) is 9.98 Å². The molecule has 40 heavy (non-hydrogen) atoms. The molecule has 0 saturated carbocycles. The zero-order valence-electron chi connectivity index (χ0n) is 21.9. The van der Waals surface area contributed by atoms with Gasteiger partial charge < -0.3 is 15.0 Å². The molecular formula is C32H25BrN6O. The highest BCUT2D eigenvalue weighted by Gasteiger charge is 2.41. The van der Waals surface area contributed by atoms with E-state index in [2.05, 4.69) is 57.3 Å². The Balaban J connectivity index is 1.49. The summed E-state index contributed by atoms with van der Waals surface area (Å²) in [6.07, 6.45) is 0. The van der Waals surface area contributed by atoms with Gasteiger partial charge in [0.1, 0.15) is 5.75 Å². The van der Waals surface area contributed by atoms with Gasteiger partial charge in [-0.3, -0.25) is 0 Å². The third-order valence-electron chi connectivity index (χ3n) is 7.14. The number of benzene rings is 4. The fraction of sp³-hybridized carbons (Fsp3) is 0.0938. The lowest BCUT2D eigenvalue weighted by Gasteiger charge is -2.40. The Labute approximate surface area is 240 Å². The highest BCUT2D eigenvalue weighted by atomic mass is 79.9. The Morgan fingerprint density at radius 2 is 1.65 bits per heavy atom. The lowest BCUT2D eigenvalue weighted by atomic mass is 9.93. The number of aliphatic imine (C=N–C) groups is 2. The maximum Gasteiger partial charge on any atom is 0.179 e. The standard InChI is InChI=1S/C32H25BrN6O/c1-20-28-29(21-10-8-11-22(33)18-21)38-27-17-7-6-16-26(27)35-30(34-23-12-9-15-25(19-23)40-2)32(38)36-31(28)39(37-20)24-13-4-3-5-14-24/h3-19,29H,1-2H3,(H,34,35)/t29-/m1/s1. The number of nitrogens with one attached hydrogen (secondary N) is 1. The van der Waals surface area contributed by atoms with Crippen LogP contribution in [0.5, 0.6) is 5.75 Å². The van der Waals surface area contributed by atoms with E-state index in [1.807, 2.05) is 83.5 Å². The van der Waals surface area contributed by atoms with Crippen molar-refractivity contribution >= 4 is 50.5 Å². The summed E-state index contributed by atoms with van der Waals surface area (Å²) in [6.45, 7) is 2.06. The molecule has 0 radical (unpaired) electrons. The van der Waals surface area contributed by atoms with Gasteiger partial charge in [0.2, 0.25) is 0 Å². The van der Waals surface area contributed by atoms with Crippen molar-refractivity contribution < 1.29 is 4.74 Å².